The maximum atomic E-state index is 2.56. The van der Waals surface area contributed by atoms with Gasteiger partial charge in [0.05, 0.1) is 38.5 Å². The van der Waals surface area contributed by atoms with Crippen LogP contribution in [0.5, 0.6) is 0 Å². The number of rotatable bonds is 3. The molecule has 0 amide bonds. The van der Waals surface area contributed by atoms with Crippen molar-refractivity contribution in [2.45, 2.75) is 5.41 Å². The zero-order valence-corrected chi connectivity index (χ0v) is 41.6. The summed E-state index contributed by atoms with van der Waals surface area (Å²) in [4.78, 5) is 0. The second-order valence-electron chi connectivity index (χ2n) is 21.7. The molecule has 0 N–H and O–H groups in total. The monoisotopic (exact) mass is 970 g/mol. The van der Waals surface area contributed by atoms with E-state index in [0.717, 1.165) is 0 Å². The van der Waals surface area contributed by atoms with Crippen LogP contribution in [0.3, 0.4) is 0 Å². The first kappa shape index (κ1) is 40.4. The summed E-state index contributed by atoms with van der Waals surface area (Å²) in [6.07, 6.45) is 0. The summed E-state index contributed by atoms with van der Waals surface area (Å²) < 4.78 is 5.11. The Morgan fingerprint density at radius 2 is 0.519 bits per heavy atom. The predicted molar refractivity (Wildman–Crippen MR) is 323 cm³/mol. The maximum Gasteiger partial charge on any atom is 0.0725 e. The number of hydrogen-bond donors (Lipinski definition) is 0. The van der Waals surface area contributed by atoms with E-state index in [2.05, 4.69) is 264 Å². The van der Waals surface area contributed by atoms with Crippen LogP contribution in [0.25, 0.3) is 153 Å². The third-order valence-corrected chi connectivity index (χ3v) is 18.4. The summed E-state index contributed by atoms with van der Waals surface area (Å²) in [5.41, 5.74) is 25.2. The Kier molecular flexibility index (Phi) is 7.46. The molecule has 2 heteroatoms. The zero-order chi connectivity index (χ0) is 49.8. The van der Waals surface area contributed by atoms with E-state index < -0.39 is 5.41 Å². The molecule has 77 heavy (non-hydrogen) atoms. The number of fused-ring (bicyclic) bond motifs is 24. The van der Waals surface area contributed by atoms with E-state index in [9.17, 15) is 0 Å². The first-order valence-corrected chi connectivity index (χ1v) is 27.0. The molecule has 0 aliphatic heterocycles. The van der Waals surface area contributed by atoms with Crippen LogP contribution in [-0.4, -0.2) is 8.80 Å². The molecule has 0 atom stereocenters. The summed E-state index contributed by atoms with van der Waals surface area (Å²) >= 11 is 0. The van der Waals surface area contributed by atoms with Crippen molar-refractivity contribution < 1.29 is 0 Å². The van der Waals surface area contributed by atoms with Gasteiger partial charge in [0.2, 0.25) is 0 Å². The summed E-state index contributed by atoms with van der Waals surface area (Å²) in [6, 6.07) is 97.1. The lowest BCUT2D eigenvalue weighted by Crippen LogP contribution is -2.25. The average molecular weight is 971 g/mol. The van der Waals surface area contributed by atoms with E-state index in [1.54, 1.807) is 0 Å². The zero-order valence-electron chi connectivity index (χ0n) is 41.6. The Hall–Kier alpha value is -10.0. The van der Waals surface area contributed by atoms with Crippen molar-refractivity contribution in [1.82, 2.24) is 8.80 Å². The topological polar surface area (TPSA) is 8.82 Å². The molecule has 0 unspecified atom stereocenters. The third kappa shape index (κ3) is 4.73. The smallest absolute Gasteiger partial charge is 0.0725 e. The van der Waals surface area contributed by atoms with Gasteiger partial charge in [-0.2, -0.15) is 0 Å². The Balaban J connectivity index is 0.984. The predicted octanol–water partition coefficient (Wildman–Crippen LogP) is 19.6. The standard InChI is InChI=1S/C75H42N2/c1-6-36-63-45(18-1)46-19-2-7-37-64(46)75(63)65-38-8-3-22-59(65)70-60(35-17-39-66(70)75)69-49-25-11-23-43(51-27-13-31-55-57-33-15-29-53-47-20-4-9-40-67(47)76(71(51)55)73(53)57)61(49)42-62-44(24-12-26-50(62)69)52-28-14-32-56-58-34-16-30-54-48-21-5-10-41-68(48)77(72(52)56)74(54)58/h1-42H. The number of nitrogens with zero attached hydrogens (tertiary/aromatic N) is 2. The Labute approximate surface area is 442 Å². The molecule has 1 spiro atoms. The molecule has 0 saturated carbocycles. The fraction of sp³-hybridized carbons (Fsp3) is 0.0133. The quantitative estimate of drug-likeness (QED) is 0.156. The molecule has 2 nitrogen and oxygen atoms in total. The molecule has 13 aromatic carbocycles. The van der Waals surface area contributed by atoms with Crippen molar-refractivity contribution in [3.05, 3.63) is 277 Å². The summed E-state index contributed by atoms with van der Waals surface area (Å²) in [6.45, 7) is 0. The lowest BCUT2D eigenvalue weighted by atomic mass is 9.70. The number of para-hydroxylation sites is 6. The highest BCUT2D eigenvalue weighted by Gasteiger charge is 2.52. The van der Waals surface area contributed by atoms with Gasteiger partial charge >= 0.3 is 0 Å². The van der Waals surface area contributed by atoms with Crippen molar-refractivity contribution in [3.8, 4) is 55.6 Å². The van der Waals surface area contributed by atoms with Crippen molar-refractivity contribution in [3.63, 3.8) is 0 Å². The molecular formula is C75H42N2. The first-order chi connectivity index (χ1) is 38.3. The van der Waals surface area contributed by atoms with Gasteiger partial charge in [0.1, 0.15) is 0 Å². The SMILES string of the molecule is c1ccc2c(c1)-c1ccccc1C21c2ccccc2-c2c(-c3c4cccc(-c5cccc6c7cccc8c9ccccc9n(c56)c87)c4cc4c(-c5cccc6c7cccc8c9ccccc9n(c56)c87)cccc34)cccc21. The largest absolute Gasteiger partial charge is 0.307 e. The highest BCUT2D eigenvalue weighted by molar-refractivity contribution is 6.29. The third-order valence-electron chi connectivity index (χ3n) is 18.4. The fourth-order valence-electron chi connectivity index (χ4n) is 15.7. The molecule has 4 aromatic heterocycles. The van der Waals surface area contributed by atoms with Crippen LogP contribution >= 0.6 is 0 Å². The lowest BCUT2D eigenvalue weighted by Gasteiger charge is -2.30. The van der Waals surface area contributed by atoms with Crippen LogP contribution < -0.4 is 0 Å². The van der Waals surface area contributed by atoms with Crippen LogP contribution in [0.15, 0.2) is 255 Å². The van der Waals surface area contributed by atoms with E-state index in [1.165, 1.54) is 176 Å². The second-order valence-corrected chi connectivity index (χ2v) is 21.7. The van der Waals surface area contributed by atoms with Gasteiger partial charge in [-0.15, -0.1) is 0 Å². The van der Waals surface area contributed by atoms with Crippen LogP contribution in [0.4, 0.5) is 0 Å². The minimum Gasteiger partial charge on any atom is -0.307 e. The molecular weight excluding hydrogens is 929 g/mol. The van der Waals surface area contributed by atoms with Gasteiger partial charge in [-0.25, -0.2) is 0 Å². The van der Waals surface area contributed by atoms with E-state index in [0.29, 0.717) is 0 Å². The van der Waals surface area contributed by atoms with Gasteiger partial charge in [0.25, 0.3) is 0 Å². The fourth-order valence-corrected chi connectivity index (χ4v) is 15.7. The molecule has 0 radical (unpaired) electrons. The van der Waals surface area contributed by atoms with Gasteiger partial charge in [-0.3, -0.25) is 0 Å². The van der Waals surface area contributed by atoms with Gasteiger partial charge in [-0.1, -0.05) is 237 Å². The van der Waals surface area contributed by atoms with Crippen LogP contribution in [0, 0.1) is 0 Å². The van der Waals surface area contributed by atoms with Crippen molar-refractivity contribution in [2.75, 3.05) is 0 Å². The molecule has 19 rings (SSSR count). The van der Waals surface area contributed by atoms with Crippen LogP contribution in [0.2, 0.25) is 0 Å². The molecule has 0 fully saturated rings. The molecule has 352 valence electrons. The normalized spacial score (nSPS) is 13.6. The number of hydrogen-bond acceptors (Lipinski definition) is 0. The molecule has 17 aromatic rings. The average Bonchev–Trinajstić information content (AvgIpc) is 4.52. The molecule has 2 aliphatic carbocycles. The Bertz CT molecular complexity index is 5180. The van der Waals surface area contributed by atoms with Crippen molar-refractivity contribution in [2.24, 2.45) is 0 Å². The highest BCUT2D eigenvalue weighted by Crippen LogP contribution is 2.64. The van der Waals surface area contributed by atoms with Gasteiger partial charge in [-0.05, 0) is 107 Å². The van der Waals surface area contributed by atoms with Crippen LogP contribution in [-0.2, 0) is 5.41 Å². The lowest BCUT2D eigenvalue weighted by molar-refractivity contribution is 0.794. The summed E-state index contributed by atoms with van der Waals surface area (Å²) in [5.74, 6) is 0. The highest BCUT2D eigenvalue weighted by atomic mass is 14.9. The summed E-state index contributed by atoms with van der Waals surface area (Å²) in [7, 11) is 0. The van der Waals surface area contributed by atoms with E-state index >= 15 is 0 Å². The molecule has 0 saturated heterocycles. The maximum absolute atomic E-state index is 2.56. The van der Waals surface area contributed by atoms with E-state index in [1.807, 2.05) is 0 Å². The van der Waals surface area contributed by atoms with E-state index in [4.69, 9.17) is 0 Å². The van der Waals surface area contributed by atoms with Crippen molar-refractivity contribution in [1.29, 1.82) is 0 Å². The number of benzene rings is 13. The molecule has 4 heterocycles. The van der Waals surface area contributed by atoms with Gasteiger partial charge in [0, 0.05) is 54.2 Å². The Morgan fingerprint density at radius 3 is 1.04 bits per heavy atom. The van der Waals surface area contributed by atoms with E-state index in [-0.39, 0.29) is 0 Å². The number of aromatic nitrogens is 2. The minimum absolute atomic E-state index is 0.471. The second kappa shape index (κ2) is 14.2. The van der Waals surface area contributed by atoms with Gasteiger partial charge < -0.3 is 8.80 Å². The molecule has 0 bridgehead atoms. The first-order valence-electron chi connectivity index (χ1n) is 27.0. The van der Waals surface area contributed by atoms with Crippen molar-refractivity contribution >= 4 is 97.7 Å². The van der Waals surface area contributed by atoms with Gasteiger partial charge in [0.15, 0.2) is 0 Å². The minimum atomic E-state index is -0.471. The summed E-state index contributed by atoms with van der Waals surface area (Å²) in [5, 5.41) is 15.2. The molecule has 2 aliphatic rings. The Morgan fingerprint density at radius 1 is 0.195 bits per heavy atom. The van der Waals surface area contributed by atoms with Crippen LogP contribution in [0.1, 0.15) is 22.3 Å².